The zero-order valence-corrected chi connectivity index (χ0v) is 21.4. The van der Waals surface area contributed by atoms with E-state index in [2.05, 4.69) is 52.5 Å². The molecule has 1 aliphatic heterocycles. The minimum absolute atomic E-state index is 0.0539. The van der Waals surface area contributed by atoms with Crippen LogP contribution in [0.15, 0.2) is 47.6 Å². The number of carbonyl (C=O) groups excluding carboxylic acids is 1. The Bertz CT molecular complexity index is 1140. The largest absolute Gasteiger partial charge is 0.492 e. The molecule has 1 aromatic heterocycles. The Morgan fingerprint density at radius 2 is 1.94 bits per heavy atom. The number of hydrogen-bond donors (Lipinski definition) is 1. The molecule has 1 aliphatic rings. The molecule has 1 amide bonds. The molecule has 0 saturated carbocycles. The number of carbonyl (C=O) groups is 1. The van der Waals surface area contributed by atoms with Crippen LogP contribution in [0.25, 0.3) is 5.69 Å². The molecule has 4 rings (SSSR count). The van der Waals surface area contributed by atoms with Crippen molar-refractivity contribution in [3.8, 4) is 11.4 Å². The number of nitrogens with zero attached hydrogens (tertiary/aromatic N) is 4. The summed E-state index contributed by atoms with van der Waals surface area (Å²) < 4.78 is 13.3. The molecule has 0 spiro atoms. The van der Waals surface area contributed by atoms with Crippen molar-refractivity contribution in [2.45, 2.75) is 32.5 Å². The summed E-state index contributed by atoms with van der Waals surface area (Å²) in [7, 11) is 0. The number of hydrogen-bond acceptors (Lipinski definition) is 7. The number of rotatable bonds is 10. The van der Waals surface area contributed by atoms with Crippen molar-refractivity contribution in [3.05, 3.63) is 65.0 Å². The van der Waals surface area contributed by atoms with E-state index in [4.69, 9.17) is 9.47 Å². The van der Waals surface area contributed by atoms with E-state index in [0.29, 0.717) is 18.3 Å². The average Bonchev–Trinajstić information content (AvgIpc) is 3.24. The van der Waals surface area contributed by atoms with Gasteiger partial charge in [-0.05, 0) is 55.7 Å². The van der Waals surface area contributed by atoms with Gasteiger partial charge in [-0.1, -0.05) is 36.0 Å². The van der Waals surface area contributed by atoms with Crippen molar-refractivity contribution in [2.75, 3.05) is 45.2 Å². The van der Waals surface area contributed by atoms with Crippen LogP contribution in [0.3, 0.4) is 0 Å². The predicted octanol–water partition coefficient (Wildman–Crippen LogP) is 3.31. The summed E-state index contributed by atoms with van der Waals surface area (Å²) in [4.78, 5) is 14.9. The van der Waals surface area contributed by atoms with Crippen LogP contribution in [-0.2, 0) is 16.1 Å². The maximum Gasteiger partial charge on any atom is 0.230 e. The van der Waals surface area contributed by atoms with Crippen LogP contribution in [0.4, 0.5) is 0 Å². The molecule has 3 aromatic rings. The second-order valence-corrected chi connectivity index (χ2v) is 9.61. The van der Waals surface area contributed by atoms with Crippen molar-refractivity contribution < 1.29 is 14.3 Å². The third-order valence-corrected chi connectivity index (χ3v) is 6.83. The van der Waals surface area contributed by atoms with Gasteiger partial charge in [0.05, 0.1) is 24.7 Å². The zero-order chi connectivity index (χ0) is 24.6. The zero-order valence-electron chi connectivity index (χ0n) is 20.6. The van der Waals surface area contributed by atoms with E-state index >= 15 is 0 Å². The first-order valence-corrected chi connectivity index (χ1v) is 12.9. The van der Waals surface area contributed by atoms with Gasteiger partial charge < -0.3 is 14.8 Å². The van der Waals surface area contributed by atoms with Gasteiger partial charge in [-0.3, -0.25) is 14.3 Å². The molecule has 0 radical (unpaired) electrons. The number of ether oxygens (including phenoxy) is 2. The summed E-state index contributed by atoms with van der Waals surface area (Å²) in [6.45, 7) is 11.5. The Balaban J connectivity index is 1.26. The van der Waals surface area contributed by atoms with Gasteiger partial charge in [0, 0.05) is 26.2 Å². The number of thioether (sulfide) groups is 1. The summed E-state index contributed by atoms with van der Waals surface area (Å²) >= 11 is 1.39. The molecule has 2 aromatic carbocycles. The molecule has 8 nitrogen and oxygen atoms in total. The Kier molecular flexibility index (Phi) is 8.79. The number of aromatic nitrogens is 3. The molecule has 35 heavy (non-hydrogen) atoms. The van der Waals surface area contributed by atoms with Crippen LogP contribution in [0.5, 0.6) is 5.75 Å². The quantitative estimate of drug-likeness (QED) is 0.432. The first kappa shape index (κ1) is 25.2. The van der Waals surface area contributed by atoms with E-state index in [1.54, 1.807) is 0 Å². The summed E-state index contributed by atoms with van der Waals surface area (Å²) in [6.07, 6.45) is 0. The highest BCUT2D eigenvalue weighted by Crippen LogP contribution is 2.25. The second-order valence-electron chi connectivity index (χ2n) is 8.67. The van der Waals surface area contributed by atoms with Crippen LogP contribution < -0.4 is 10.1 Å². The molecular weight excluding hydrogens is 462 g/mol. The van der Waals surface area contributed by atoms with Crippen molar-refractivity contribution in [3.63, 3.8) is 0 Å². The van der Waals surface area contributed by atoms with Gasteiger partial charge in [-0.2, -0.15) is 0 Å². The summed E-state index contributed by atoms with van der Waals surface area (Å²) in [6, 6.07) is 14.2. The van der Waals surface area contributed by atoms with E-state index < -0.39 is 0 Å². The van der Waals surface area contributed by atoms with Gasteiger partial charge in [-0.25, -0.2) is 0 Å². The number of amides is 1. The van der Waals surface area contributed by atoms with E-state index in [9.17, 15) is 4.79 Å². The fraction of sp³-hybridized carbons (Fsp3) is 0.423. The van der Waals surface area contributed by atoms with Gasteiger partial charge in [0.25, 0.3) is 0 Å². The lowest BCUT2D eigenvalue weighted by Gasteiger charge is -2.26. The van der Waals surface area contributed by atoms with E-state index in [0.717, 1.165) is 61.2 Å². The Hall–Kier alpha value is -2.88. The van der Waals surface area contributed by atoms with E-state index in [-0.39, 0.29) is 11.7 Å². The lowest BCUT2D eigenvalue weighted by molar-refractivity contribution is -0.118. The third kappa shape index (κ3) is 7.06. The van der Waals surface area contributed by atoms with Crippen molar-refractivity contribution >= 4 is 17.7 Å². The molecule has 0 unspecified atom stereocenters. The minimum atomic E-state index is -0.0539. The Labute approximate surface area is 211 Å². The van der Waals surface area contributed by atoms with Crippen LogP contribution in [0.2, 0.25) is 0 Å². The molecule has 1 fully saturated rings. The molecule has 0 aliphatic carbocycles. The number of aryl methyl sites for hydroxylation is 3. The number of nitrogens with one attached hydrogen (secondary N) is 1. The lowest BCUT2D eigenvalue weighted by Crippen LogP contribution is -2.38. The molecule has 0 bridgehead atoms. The smallest absolute Gasteiger partial charge is 0.230 e. The Morgan fingerprint density at radius 3 is 2.77 bits per heavy atom. The monoisotopic (exact) mass is 495 g/mol. The molecule has 2 heterocycles. The van der Waals surface area contributed by atoms with Crippen molar-refractivity contribution in [2.24, 2.45) is 0 Å². The first-order chi connectivity index (χ1) is 17.0. The standard InChI is InChI=1S/C26H33N5O3S/c1-19-7-8-20(2)24(15-19)31-21(3)28-29-26(31)35-18-25(32)27-17-22-5-4-6-23(16-22)34-14-11-30-9-12-33-13-10-30/h4-8,15-16H,9-14,17-18H2,1-3H3,(H,27,32). The van der Waals surface area contributed by atoms with E-state index in [1.807, 2.05) is 35.8 Å². The number of morpholine rings is 1. The summed E-state index contributed by atoms with van der Waals surface area (Å²) in [5, 5.41) is 12.2. The lowest BCUT2D eigenvalue weighted by atomic mass is 10.1. The normalized spacial score (nSPS) is 14.1. The predicted molar refractivity (Wildman–Crippen MR) is 137 cm³/mol. The van der Waals surface area contributed by atoms with Gasteiger partial charge >= 0.3 is 0 Å². The maximum absolute atomic E-state index is 12.6. The highest BCUT2D eigenvalue weighted by Gasteiger charge is 2.15. The van der Waals surface area contributed by atoms with Crippen LogP contribution in [-0.4, -0.2) is 70.8 Å². The molecule has 1 N–H and O–H groups in total. The second kappa shape index (κ2) is 12.2. The van der Waals surface area contributed by atoms with E-state index in [1.165, 1.54) is 17.3 Å². The fourth-order valence-electron chi connectivity index (χ4n) is 3.92. The fourth-order valence-corrected chi connectivity index (χ4v) is 4.74. The van der Waals surface area contributed by atoms with Crippen molar-refractivity contribution in [1.29, 1.82) is 0 Å². The summed E-state index contributed by atoms with van der Waals surface area (Å²) in [5.74, 6) is 1.82. The highest BCUT2D eigenvalue weighted by molar-refractivity contribution is 7.99. The SMILES string of the molecule is Cc1ccc(C)c(-n2c(C)nnc2SCC(=O)NCc2cccc(OCCN3CCOCC3)c2)c1. The van der Waals surface area contributed by atoms with Gasteiger partial charge in [0.15, 0.2) is 5.16 Å². The summed E-state index contributed by atoms with van der Waals surface area (Å²) in [5.41, 5.74) is 4.35. The van der Waals surface area contributed by atoms with Crippen LogP contribution in [0, 0.1) is 20.8 Å². The first-order valence-electron chi connectivity index (χ1n) is 11.9. The minimum Gasteiger partial charge on any atom is -0.492 e. The van der Waals surface area contributed by atoms with Crippen molar-refractivity contribution in [1.82, 2.24) is 25.0 Å². The topological polar surface area (TPSA) is 81.5 Å². The average molecular weight is 496 g/mol. The van der Waals surface area contributed by atoms with Gasteiger partial charge in [0.1, 0.15) is 18.2 Å². The van der Waals surface area contributed by atoms with Gasteiger partial charge in [-0.15, -0.1) is 10.2 Å². The number of benzene rings is 2. The molecule has 186 valence electrons. The molecule has 0 atom stereocenters. The maximum atomic E-state index is 12.6. The Morgan fingerprint density at radius 1 is 1.11 bits per heavy atom. The van der Waals surface area contributed by atoms with Crippen LogP contribution in [0.1, 0.15) is 22.5 Å². The molecule has 1 saturated heterocycles. The highest BCUT2D eigenvalue weighted by atomic mass is 32.2. The third-order valence-electron chi connectivity index (χ3n) is 5.90. The molecule has 9 heteroatoms. The van der Waals surface area contributed by atoms with Gasteiger partial charge in [0.2, 0.25) is 5.91 Å². The van der Waals surface area contributed by atoms with Crippen LogP contribution >= 0.6 is 11.8 Å². The molecular formula is C26H33N5O3S.